The molecule has 1 aliphatic rings. The lowest BCUT2D eigenvalue weighted by molar-refractivity contribution is -0.119. The van der Waals surface area contributed by atoms with Crippen LogP contribution in [0, 0.1) is 5.41 Å². The Morgan fingerprint density at radius 2 is 1.96 bits per heavy atom. The first-order valence-electron chi connectivity index (χ1n) is 9.13. The molecule has 0 radical (unpaired) electrons. The monoisotopic (exact) mass is 342 g/mol. The second-order valence-electron chi connectivity index (χ2n) is 7.49. The van der Waals surface area contributed by atoms with Gasteiger partial charge in [-0.2, -0.15) is 0 Å². The van der Waals surface area contributed by atoms with Gasteiger partial charge < -0.3 is 11.1 Å². The Kier molecular flexibility index (Phi) is 8.64. The fraction of sp³-hybridized carbons (Fsp3) is 0.500. The summed E-state index contributed by atoms with van der Waals surface area (Å²) in [7, 11) is 0. The highest BCUT2D eigenvalue weighted by Gasteiger charge is 2.26. The maximum Gasteiger partial charge on any atom is 0.233 e. The zero-order valence-electron chi connectivity index (χ0n) is 16.5. The van der Waals surface area contributed by atoms with Gasteiger partial charge in [0.2, 0.25) is 5.91 Å². The first-order chi connectivity index (χ1) is 11.8. The molecule has 1 amide bonds. The molecule has 0 heterocycles. The normalized spacial score (nSPS) is 19.1. The van der Waals surface area contributed by atoms with Gasteiger partial charge in [-0.05, 0) is 51.0 Å². The largest absolute Gasteiger partial charge is 0.352 e. The lowest BCUT2D eigenvalue weighted by Crippen LogP contribution is -2.30. The van der Waals surface area contributed by atoms with Crippen LogP contribution in [0.15, 0.2) is 58.7 Å². The number of carbonyl (C=O) groups is 1. The Balaban J connectivity index is 2.63. The average molecular weight is 343 g/mol. The summed E-state index contributed by atoms with van der Waals surface area (Å²) < 4.78 is 0. The molecule has 138 valence electrons. The van der Waals surface area contributed by atoms with Crippen molar-refractivity contribution in [3.63, 3.8) is 0 Å². The Hall–Kier alpha value is -1.87. The van der Waals surface area contributed by atoms with E-state index in [9.17, 15) is 4.79 Å². The Labute approximate surface area is 153 Å². The van der Waals surface area contributed by atoms with E-state index in [1.807, 2.05) is 25.2 Å². The van der Waals surface area contributed by atoms with E-state index in [1.165, 1.54) is 36.0 Å². The fourth-order valence-electron chi connectivity index (χ4n) is 3.10. The van der Waals surface area contributed by atoms with Gasteiger partial charge >= 0.3 is 0 Å². The highest BCUT2D eigenvalue weighted by atomic mass is 16.1. The zero-order valence-corrected chi connectivity index (χ0v) is 16.5. The molecule has 1 aliphatic carbocycles. The van der Waals surface area contributed by atoms with Gasteiger partial charge in [-0.25, -0.2) is 0 Å². The molecule has 0 saturated heterocycles. The number of carbonyl (C=O) groups excluding carboxylic acids is 1. The van der Waals surface area contributed by atoms with Crippen molar-refractivity contribution in [1.82, 2.24) is 5.32 Å². The molecular formula is C22H34N2O. The molecule has 1 rings (SSSR count). The van der Waals surface area contributed by atoms with Gasteiger partial charge in [-0.1, -0.05) is 67.0 Å². The molecule has 0 atom stereocenters. The molecule has 0 aromatic heterocycles. The molecule has 3 heteroatoms. The van der Waals surface area contributed by atoms with Gasteiger partial charge in [0.1, 0.15) is 0 Å². The third kappa shape index (κ3) is 7.70. The average Bonchev–Trinajstić information content (AvgIpc) is 2.53. The van der Waals surface area contributed by atoms with Crippen LogP contribution in [0.3, 0.4) is 0 Å². The van der Waals surface area contributed by atoms with Crippen LogP contribution in [0.4, 0.5) is 0 Å². The highest BCUT2D eigenvalue weighted by molar-refractivity contribution is 5.77. The van der Waals surface area contributed by atoms with E-state index < -0.39 is 0 Å². The standard InChI is InChI=1S/C22H34N2O/c1-17(8-6-9-18(2)13-15-24-21(25)16-23)11-12-20-19(3)10-7-14-22(20,4)5/h6,8-9,11-13H,7,10,14-16,23H2,1-5H3,(H,24,25)/b9-6+,12-11+,17-8+,18-13+. The molecule has 0 spiro atoms. The smallest absolute Gasteiger partial charge is 0.233 e. The van der Waals surface area contributed by atoms with Crippen LogP contribution < -0.4 is 11.1 Å². The van der Waals surface area contributed by atoms with Crippen molar-refractivity contribution in [2.75, 3.05) is 13.1 Å². The Bertz CT molecular complexity index is 616. The predicted octanol–water partition coefficient (Wildman–Crippen LogP) is 4.59. The molecule has 0 aromatic rings. The van der Waals surface area contributed by atoms with Gasteiger partial charge in [0, 0.05) is 6.54 Å². The Morgan fingerprint density at radius 3 is 2.60 bits per heavy atom. The number of amides is 1. The number of rotatable bonds is 7. The number of allylic oxidation sites excluding steroid dienone is 9. The fourth-order valence-corrected chi connectivity index (χ4v) is 3.10. The molecule has 0 aliphatic heterocycles. The van der Waals surface area contributed by atoms with Crippen molar-refractivity contribution >= 4 is 5.91 Å². The van der Waals surface area contributed by atoms with Crippen molar-refractivity contribution in [3.05, 3.63) is 58.7 Å². The number of nitrogens with one attached hydrogen (secondary N) is 1. The molecule has 3 nitrogen and oxygen atoms in total. The summed E-state index contributed by atoms with van der Waals surface area (Å²) in [5.74, 6) is -0.135. The van der Waals surface area contributed by atoms with E-state index in [4.69, 9.17) is 5.73 Å². The summed E-state index contributed by atoms with van der Waals surface area (Å²) in [6, 6.07) is 0. The molecule has 25 heavy (non-hydrogen) atoms. The second-order valence-corrected chi connectivity index (χ2v) is 7.49. The lowest BCUT2D eigenvalue weighted by atomic mass is 9.72. The minimum atomic E-state index is -0.135. The van der Waals surface area contributed by atoms with Crippen LogP contribution in [0.5, 0.6) is 0 Å². The summed E-state index contributed by atoms with van der Waals surface area (Å²) in [6.07, 6.45) is 16.4. The van der Waals surface area contributed by atoms with Crippen molar-refractivity contribution in [3.8, 4) is 0 Å². The maximum atomic E-state index is 11.1. The summed E-state index contributed by atoms with van der Waals surface area (Å²) in [6.45, 7) is 11.6. The van der Waals surface area contributed by atoms with Crippen molar-refractivity contribution in [2.45, 2.75) is 53.9 Å². The molecule has 0 saturated carbocycles. The van der Waals surface area contributed by atoms with Gasteiger partial charge in [0.05, 0.1) is 6.54 Å². The minimum Gasteiger partial charge on any atom is -0.352 e. The molecular weight excluding hydrogens is 308 g/mol. The first-order valence-corrected chi connectivity index (χ1v) is 9.13. The van der Waals surface area contributed by atoms with Gasteiger partial charge in [0.25, 0.3) is 0 Å². The van der Waals surface area contributed by atoms with E-state index in [-0.39, 0.29) is 17.9 Å². The lowest BCUT2D eigenvalue weighted by Gasteiger charge is -2.32. The number of nitrogens with two attached hydrogens (primary N) is 1. The van der Waals surface area contributed by atoms with Crippen LogP contribution in [0.2, 0.25) is 0 Å². The van der Waals surface area contributed by atoms with Crippen LogP contribution in [-0.4, -0.2) is 19.0 Å². The summed E-state index contributed by atoms with van der Waals surface area (Å²) in [4.78, 5) is 11.1. The van der Waals surface area contributed by atoms with Crippen molar-refractivity contribution < 1.29 is 4.79 Å². The molecule has 0 aromatic carbocycles. The van der Waals surface area contributed by atoms with E-state index in [2.05, 4.69) is 51.2 Å². The summed E-state index contributed by atoms with van der Waals surface area (Å²) in [5.41, 5.74) is 10.9. The van der Waals surface area contributed by atoms with Crippen LogP contribution >= 0.6 is 0 Å². The Morgan fingerprint density at radius 1 is 1.24 bits per heavy atom. The first kappa shape index (κ1) is 21.2. The van der Waals surface area contributed by atoms with Gasteiger partial charge in [-0.3, -0.25) is 4.79 Å². The number of hydrogen-bond donors (Lipinski definition) is 2. The highest BCUT2D eigenvalue weighted by Crippen LogP contribution is 2.40. The predicted molar refractivity (Wildman–Crippen MR) is 108 cm³/mol. The van der Waals surface area contributed by atoms with E-state index in [0.717, 1.165) is 5.57 Å². The molecule has 0 bridgehead atoms. The van der Waals surface area contributed by atoms with E-state index in [0.29, 0.717) is 6.54 Å². The molecule has 3 N–H and O–H groups in total. The van der Waals surface area contributed by atoms with E-state index >= 15 is 0 Å². The number of hydrogen-bond acceptors (Lipinski definition) is 2. The summed E-state index contributed by atoms with van der Waals surface area (Å²) in [5, 5.41) is 2.72. The molecule has 0 fully saturated rings. The van der Waals surface area contributed by atoms with Crippen LogP contribution in [0.25, 0.3) is 0 Å². The zero-order chi connectivity index (χ0) is 18.9. The molecule has 0 unspecified atom stereocenters. The van der Waals surface area contributed by atoms with E-state index in [1.54, 1.807) is 0 Å². The van der Waals surface area contributed by atoms with Crippen LogP contribution in [-0.2, 0) is 4.79 Å². The summed E-state index contributed by atoms with van der Waals surface area (Å²) >= 11 is 0. The SMILES string of the molecule is CC1=C(/C=C/C(C)=C/C=C/C(C)=C/CNC(=O)CN)C(C)(C)CCC1. The topological polar surface area (TPSA) is 55.1 Å². The van der Waals surface area contributed by atoms with Gasteiger partial charge in [-0.15, -0.1) is 0 Å². The second kappa shape index (κ2) is 10.2. The minimum absolute atomic E-state index is 0.0315. The third-order valence-corrected chi connectivity index (χ3v) is 4.68. The van der Waals surface area contributed by atoms with Crippen molar-refractivity contribution in [2.24, 2.45) is 11.1 Å². The maximum absolute atomic E-state index is 11.1. The van der Waals surface area contributed by atoms with Crippen molar-refractivity contribution in [1.29, 1.82) is 0 Å². The van der Waals surface area contributed by atoms with Crippen LogP contribution in [0.1, 0.15) is 53.9 Å². The quantitative estimate of drug-likeness (QED) is 0.665. The van der Waals surface area contributed by atoms with Gasteiger partial charge in [0.15, 0.2) is 0 Å². The third-order valence-electron chi connectivity index (χ3n) is 4.68.